The maximum absolute atomic E-state index is 10.5. The fraction of sp³-hybridized carbons (Fsp3) is 1.00. The maximum atomic E-state index is 10.5. The lowest BCUT2D eigenvalue weighted by Gasteiger charge is -2.52. The number of rotatable bonds is 2. The molecule has 0 aromatic carbocycles. The highest BCUT2D eigenvalue weighted by molar-refractivity contribution is 5.13. The zero-order chi connectivity index (χ0) is 15.6. The van der Waals surface area contributed by atoms with Crippen LogP contribution in [0.2, 0.25) is 0 Å². The third-order valence-corrected chi connectivity index (χ3v) is 5.33. The summed E-state index contributed by atoms with van der Waals surface area (Å²) in [5.74, 6) is -0.880. The maximum Gasteiger partial charge on any atom is 0.248 e. The van der Waals surface area contributed by atoms with E-state index in [0.29, 0.717) is 0 Å². The van der Waals surface area contributed by atoms with Crippen molar-refractivity contribution in [2.24, 2.45) is 0 Å². The Kier molecular flexibility index (Phi) is 3.52. The number of hydrogen-bond donors (Lipinski definition) is 4. The number of aliphatic hydroxyl groups is 2. The number of hydrogen-bond acceptors (Lipinski definition) is 8. The van der Waals surface area contributed by atoms with Crippen molar-refractivity contribution in [1.82, 2.24) is 10.6 Å². The van der Waals surface area contributed by atoms with Gasteiger partial charge in [0.05, 0.1) is 24.3 Å². The normalized spacial score (nSPS) is 60.1. The molecule has 10 atom stereocenters. The van der Waals surface area contributed by atoms with Gasteiger partial charge in [-0.25, -0.2) is 0 Å². The van der Waals surface area contributed by atoms with Crippen LogP contribution in [0.1, 0.15) is 13.3 Å². The van der Waals surface area contributed by atoms with Crippen molar-refractivity contribution in [2.45, 2.75) is 74.1 Å². The third kappa shape index (κ3) is 1.93. The van der Waals surface area contributed by atoms with Crippen molar-refractivity contribution in [1.29, 1.82) is 0 Å². The average Bonchev–Trinajstić information content (AvgIpc) is 3.17. The molecule has 1 saturated carbocycles. The molecule has 8 nitrogen and oxygen atoms in total. The minimum Gasteiger partial charge on any atom is -0.390 e. The topological polar surface area (TPSA) is 105 Å². The first-order valence-electron chi connectivity index (χ1n) is 7.89. The minimum atomic E-state index is -0.898. The van der Waals surface area contributed by atoms with Crippen LogP contribution >= 0.6 is 0 Å². The number of ether oxygens (including phenoxy) is 4. The molecule has 4 rings (SSSR count). The zero-order valence-electron chi connectivity index (χ0n) is 12.9. The Morgan fingerprint density at radius 1 is 0.955 bits per heavy atom. The van der Waals surface area contributed by atoms with Gasteiger partial charge in [0.1, 0.15) is 24.4 Å². The number of nitrogens with one attached hydrogen (secondary N) is 2. The van der Waals surface area contributed by atoms with Crippen LogP contribution in [0.15, 0.2) is 0 Å². The molecule has 126 valence electrons. The van der Waals surface area contributed by atoms with Gasteiger partial charge < -0.3 is 39.8 Å². The monoisotopic (exact) mass is 316 g/mol. The number of fused-ring (bicyclic) bond motifs is 1. The van der Waals surface area contributed by atoms with E-state index in [1.54, 1.807) is 14.1 Å². The molecular formula is C14H24N2O6. The van der Waals surface area contributed by atoms with Crippen molar-refractivity contribution >= 4 is 0 Å². The predicted octanol–water partition coefficient (Wildman–Crippen LogP) is -2.09. The van der Waals surface area contributed by atoms with Gasteiger partial charge in [0, 0.05) is 6.42 Å². The Morgan fingerprint density at radius 2 is 1.68 bits per heavy atom. The van der Waals surface area contributed by atoms with Crippen molar-refractivity contribution < 1.29 is 29.2 Å². The first-order chi connectivity index (χ1) is 10.5. The van der Waals surface area contributed by atoms with Crippen LogP contribution < -0.4 is 10.6 Å². The molecule has 8 heteroatoms. The Hall–Kier alpha value is -0.320. The van der Waals surface area contributed by atoms with Gasteiger partial charge in [0.2, 0.25) is 12.1 Å². The minimum absolute atomic E-state index is 0.0253. The average molecular weight is 316 g/mol. The molecule has 0 aromatic heterocycles. The molecule has 3 heterocycles. The van der Waals surface area contributed by atoms with Crippen molar-refractivity contribution in [3.05, 3.63) is 0 Å². The van der Waals surface area contributed by atoms with Crippen LogP contribution in [-0.2, 0) is 18.9 Å². The molecule has 3 saturated heterocycles. The second-order valence-electron chi connectivity index (χ2n) is 6.64. The van der Waals surface area contributed by atoms with E-state index in [2.05, 4.69) is 10.6 Å². The van der Waals surface area contributed by atoms with Gasteiger partial charge in [-0.15, -0.1) is 0 Å². The highest BCUT2D eigenvalue weighted by Crippen LogP contribution is 2.54. The molecular weight excluding hydrogens is 292 g/mol. The zero-order valence-corrected chi connectivity index (χ0v) is 12.9. The second kappa shape index (κ2) is 5.09. The standard InChI is InChI=1S/C14H24N2O6/c1-5-4-6-14(21-6)13(19-5)20-12-10(18)7(15-2)9(17)8(16-3)11(12)22-14/h5-13,15-18H,4H2,1-3H3/t5-,6-,7-,8+,9+,10+,11?,12?,13?,14+/m1/s1. The predicted molar refractivity (Wildman–Crippen MR) is 74.0 cm³/mol. The van der Waals surface area contributed by atoms with Gasteiger partial charge in [-0.05, 0) is 21.0 Å². The number of aliphatic hydroxyl groups excluding tert-OH is 2. The summed E-state index contributed by atoms with van der Waals surface area (Å²) in [4.78, 5) is 0. The summed E-state index contributed by atoms with van der Waals surface area (Å²) in [6.45, 7) is 1.97. The Bertz CT molecular complexity index is 453. The van der Waals surface area contributed by atoms with Crippen molar-refractivity contribution in [3.63, 3.8) is 0 Å². The summed E-state index contributed by atoms with van der Waals surface area (Å²) in [6.07, 6.45) is -2.70. The first-order valence-corrected chi connectivity index (χ1v) is 7.89. The summed E-state index contributed by atoms with van der Waals surface area (Å²) in [5.41, 5.74) is 0. The molecule has 4 fully saturated rings. The van der Waals surface area contributed by atoms with Gasteiger partial charge >= 0.3 is 0 Å². The molecule has 3 unspecified atom stereocenters. The van der Waals surface area contributed by atoms with Gasteiger partial charge in [0.15, 0.2) is 0 Å². The molecule has 22 heavy (non-hydrogen) atoms. The van der Waals surface area contributed by atoms with E-state index in [1.807, 2.05) is 6.92 Å². The van der Waals surface area contributed by atoms with Crippen LogP contribution in [0, 0.1) is 0 Å². The summed E-state index contributed by atoms with van der Waals surface area (Å²) in [5, 5.41) is 27.1. The quantitative estimate of drug-likeness (QED) is 0.430. The van der Waals surface area contributed by atoms with E-state index in [-0.39, 0.29) is 18.2 Å². The van der Waals surface area contributed by atoms with E-state index in [9.17, 15) is 10.2 Å². The lowest BCUT2D eigenvalue weighted by atomic mass is 9.80. The molecule has 0 bridgehead atoms. The molecule has 1 spiro atoms. The van der Waals surface area contributed by atoms with E-state index in [4.69, 9.17) is 18.9 Å². The smallest absolute Gasteiger partial charge is 0.248 e. The van der Waals surface area contributed by atoms with Gasteiger partial charge in [-0.1, -0.05) is 0 Å². The summed E-state index contributed by atoms with van der Waals surface area (Å²) in [6, 6.07) is -0.876. The summed E-state index contributed by atoms with van der Waals surface area (Å²) >= 11 is 0. The Morgan fingerprint density at radius 3 is 2.36 bits per heavy atom. The van der Waals surface area contributed by atoms with E-state index < -0.39 is 42.5 Å². The summed E-state index contributed by atoms with van der Waals surface area (Å²) < 4.78 is 23.7. The van der Waals surface area contributed by atoms with Crippen LogP contribution in [0.5, 0.6) is 0 Å². The van der Waals surface area contributed by atoms with Crippen LogP contribution in [0.4, 0.5) is 0 Å². The van der Waals surface area contributed by atoms with Crippen LogP contribution in [0.25, 0.3) is 0 Å². The third-order valence-electron chi connectivity index (χ3n) is 5.33. The van der Waals surface area contributed by atoms with Crippen LogP contribution in [0.3, 0.4) is 0 Å². The van der Waals surface area contributed by atoms with E-state index in [1.165, 1.54) is 0 Å². The lowest BCUT2D eigenvalue weighted by molar-refractivity contribution is -0.375. The molecule has 4 N–H and O–H groups in total. The molecule has 0 radical (unpaired) electrons. The highest BCUT2D eigenvalue weighted by atomic mass is 16.9. The van der Waals surface area contributed by atoms with E-state index in [0.717, 1.165) is 6.42 Å². The Balaban J connectivity index is 1.62. The fourth-order valence-corrected chi connectivity index (χ4v) is 4.11. The van der Waals surface area contributed by atoms with Gasteiger partial charge in [-0.2, -0.15) is 0 Å². The van der Waals surface area contributed by atoms with Gasteiger partial charge in [-0.3, -0.25) is 0 Å². The first kappa shape index (κ1) is 15.2. The highest BCUT2D eigenvalue weighted by Gasteiger charge is 2.73. The van der Waals surface area contributed by atoms with E-state index >= 15 is 0 Å². The number of epoxide rings is 1. The van der Waals surface area contributed by atoms with Crippen molar-refractivity contribution in [2.75, 3.05) is 14.1 Å². The molecule has 4 aliphatic rings. The van der Waals surface area contributed by atoms with Gasteiger partial charge in [0.25, 0.3) is 0 Å². The SMILES string of the molecule is CN[C@@H]1[C@H](O)[C@H](NC)C2O[C@@]34O[C@@H]3C[C@@H](C)OC4OC2[C@H]1O. The largest absolute Gasteiger partial charge is 0.390 e. The van der Waals surface area contributed by atoms with Crippen molar-refractivity contribution in [3.8, 4) is 0 Å². The molecule has 0 amide bonds. The summed E-state index contributed by atoms with van der Waals surface area (Å²) in [7, 11) is 3.46. The second-order valence-corrected chi connectivity index (χ2v) is 6.64. The Labute approximate surface area is 129 Å². The molecule has 0 aromatic rings. The molecule has 1 aliphatic carbocycles. The lowest BCUT2D eigenvalue weighted by Crippen LogP contribution is -2.75. The number of likely N-dealkylation sites (N-methyl/N-ethyl adjacent to an activating group) is 2. The fourth-order valence-electron chi connectivity index (χ4n) is 4.11. The van der Waals surface area contributed by atoms with Crippen LogP contribution in [-0.4, -0.2) is 85.1 Å². The molecule has 3 aliphatic heterocycles.